The first kappa shape index (κ1) is 17.9. The molecule has 0 bridgehead atoms. The molecule has 0 heterocycles. The van der Waals surface area contributed by atoms with Gasteiger partial charge >= 0.3 is 0 Å². The molecule has 0 spiro atoms. The predicted octanol–water partition coefficient (Wildman–Crippen LogP) is 5.58. The molecule has 2 nitrogen and oxygen atoms in total. The molecule has 0 aliphatic rings. The quantitative estimate of drug-likeness (QED) is 0.546. The third kappa shape index (κ3) is 3.55. The van der Waals surface area contributed by atoms with E-state index in [1.165, 1.54) is 11.1 Å². The van der Waals surface area contributed by atoms with E-state index in [-0.39, 0.29) is 0 Å². The van der Waals surface area contributed by atoms with E-state index in [4.69, 9.17) is 4.74 Å². The first-order valence-corrected chi connectivity index (χ1v) is 8.91. The number of aldehydes is 1. The fourth-order valence-electron chi connectivity index (χ4n) is 3.51. The molecule has 0 aromatic heterocycles. The molecule has 0 fully saturated rings. The highest BCUT2D eigenvalue weighted by molar-refractivity contribution is 5.88. The van der Waals surface area contributed by atoms with Gasteiger partial charge in [-0.15, -0.1) is 0 Å². The van der Waals surface area contributed by atoms with Crippen LogP contribution in [-0.4, -0.2) is 13.4 Å². The fraction of sp³-hybridized carbons (Fsp3) is 0.208. The summed E-state index contributed by atoms with van der Waals surface area (Å²) in [5.41, 5.74) is 7.36. The Balaban J connectivity index is 2.06. The third-order valence-corrected chi connectivity index (χ3v) is 4.95. The van der Waals surface area contributed by atoms with Gasteiger partial charge in [-0.25, -0.2) is 0 Å². The SMILES string of the molecule is COc1cc(CCc2ccccc2)c(C=O)c(C)c1-c1ccccc1C. The van der Waals surface area contributed by atoms with Crippen LogP contribution in [0.5, 0.6) is 5.75 Å². The van der Waals surface area contributed by atoms with E-state index < -0.39 is 0 Å². The lowest BCUT2D eigenvalue weighted by molar-refractivity contribution is 0.112. The van der Waals surface area contributed by atoms with Gasteiger partial charge in [-0.05, 0) is 60.6 Å². The lowest BCUT2D eigenvalue weighted by atomic mass is 9.88. The van der Waals surface area contributed by atoms with Crippen molar-refractivity contribution in [3.63, 3.8) is 0 Å². The largest absolute Gasteiger partial charge is 0.496 e. The molecule has 3 aromatic carbocycles. The van der Waals surface area contributed by atoms with Gasteiger partial charge in [0.15, 0.2) is 6.29 Å². The Labute approximate surface area is 155 Å². The Hall–Kier alpha value is -2.87. The molecule has 0 aliphatic heterocycles. The Morgan fingerprint density at radius 2 is 1.62 bits per heavy atom. The van der Waals surface area contributed by atoms with Crippen molar-refractivity contribution < 1.29 is 9.53 Å². The summed E-state index contributed by atoms with van der Waals surface area (Å²) in [6.45, 7) is 4.10. The van der Waals surface area contributed by atoms with Crippen molar-refractivity contribution in [2.45, 2.75) is 26.7 Å². The smallest absolute Gasteiger partial charge is 0.150 e. The lowest BCUT2D eigenvalue weighted by Crippen LogP contribution is -2.04. The number of methoxy groups -OCH3 is 1. The Morgan fingerprint density at radius 3 is 2.27 bits per heavy atom. The molecule has 3 aromatic rings. The van der Waals surface area contributed by atoms with E-state index in [9.17, 15) is 4.79 Å². The van der Waals surface area contributed by atoms with E-state index in [0.29, 0.717) is 0 Å². The van der Waals surface area contributed by atoms with Crippen LogP contribution < -0.4 is 4.74 Å². The highest BCUT2D eigenvalue weighted by atomic mass is 16.5. The number of benzene rings is 3. The maximum atomic E-state index is 11.9. The fourth-order valence-corrected chi connectivity index (χ4v) is 3.51. The van der Waals surface area contributed by atoms with Gasteiger partial charge in [0, 0.05) is 11.1 Å². The summed E-state index contributed by atoms with van der Waals surface area (Å²) in [5, 5.41) is 0. The second-order valence-electron chi connectivity index (χ2n) is 6.57. The average Bonchev–Trinajstić information content (AvgIpc) is 2.67. The van der Waals surface area contributed by atoms with E-state index >= 15 is 0 Å². The van der Waals surface area contributed by atoms with Gasteiger partial charge < -0.3 is 4.74 Å². The van der Waals surface area contributed by atoms with Crippen LogP contribution in [0.2, 0.25) is 0 Å². The highest BCUT2D eigenvalue weighted by Gasteiger charge is 2.18. The number of aryl methyl sites for hydroxylation is 3. The van der Waals surface area contributed by atoms with Crippen molar-refractivity contribution in [3.05, 3.63) is 88.5 Å². The second kappa shape index (κ2) is 8.01. The zero-order valence-electron chi connectivity index (χ0n) is 15.6. The summed E-state index contributed by atoms with van der Waals surface area (Å²) in [6, 6.07) is 20.6. The van der Waals surface area contributed by atoms with Gasteiger partial charge in [-0.1, -0.05) is 54.6 Å². The summed E-state index contributed by atoms with van der Waals surface area (Å²) in [7, 11) is 1.69. The monoisotopic (exact) mass is 344 g/mol. The molecule has 0 saturated heterocycles. The Kier molecular flexibility index (Phi) is 5.52. The van der Waals surface area contributed by atoms with Crippen molar-refractivity contribution in [3.8, 4) is 16.9 Å². The van der Waals surface area contributed by atoms with Crippen LogP contribution in [0.4, 0.5) is 0 Å². The van der Waals surface area contributed by atoms with Crippen molar-refractivity contribution in [2.75, 3.05) is 7.11 Å². The van der Waals surface area contributed by atoms with E-state index in [1.54, 1.807) is 7.11 Å². The number of hydrogen-bond donors (Lipinski definition) is 0. The number of ether oxygens (including phenoxy) is 1. The number of hydrogen-bond acceptors (Lipinski definition) is 2. The molecule has 0 N–H and O–H groups in total. The molecule has 0 unspecified atom stereocenters. The van der Waals surface area contributed by atoms with Crippen LogP contribution in [0.1, 0.15) is 32.6 Å². The number of carbonyl (C=O) groups is 1. The number of carbonyl (C=O) groups excluding carboxylic acids is 1. The van der Waals surface area contributed by atoms with Crippen molar-refractivity contribution in [2.24, 2.45) is 0 Å². The Morgan fingerprint density at radius 1 is 0.923 bits per heavy atom. The van der Waals surface area contributed by atoms with E-state index in [0.717, 1.165) is 52.7 Å². The minimum atomic E-state index is 0.778. The second-order valence-corrected chi connectivity index (χ2v) is 6.57. The van der Waals surface area contributed by atoms with Crippen molar-refractivity contribution in [1.29, 1.82) is 0 Å². The normalized spacial score (nSPS) is 10.6. The van der Waals surface area contributed by atoms with Crippen LogP contribution in [0.15, 0.2) is 60.7 Å². The van der Waals surface area contributed by atoms with Crippen LogP contribution >= 0.6 is 0 Å². The van der Waals surface area contributed by atoms with Crippen LogP contribution in [0, 0.1) is 13.8 Å². The molecule has 0 atom stereocenters. The van der Waals surface area contributed by atoms with Gasteiger partial charge in [-0.3, -0.25) is 4.79 Å². The molecule has 0 aliphatic carbocycles. The van der Waals surface area contributed by atoms with Gasteiger partial charge in [-0.2, -0.15) is 0 Å². The lowest BCUT2D eigenvalue weighted by Gasteiger charge is -2.19. The van der Waals surface area contributed by atoms with Gasteiger partial charge in [0.25, 0.3) is 0 Å². The average molecular weight is 344 g/mol. The van der Waals surface area contributed by atoms with Gasteiger partial charge in [0.2, 0.25) is 0 Å². The molecule has 26 heavy (non-hydrogen) atoms. The molecular weight excluding hydrogens is 320 g/mol. The zero-order valence-corrected chi connectivity index (χ0v) is 15.6. The summed E-state index contributed by atoms with van der Waals surface area (Å²) in [6.07, 6.45) is 2.69. The molecule has 0 radical (unpaired) electrons. The number of rotatable bonds is 6. The van der Waals surface area contributed by atoms with Crippen molar-refractivity contribution >= 4 is 6.29 Å². The maximum Gasteiger partial charge on any atom is 0.150 e. The van der Waals surface area contributed by atoms with Crippen LogP contribution in [0.3, 0.4) is 0 Å². The molecule has 0 saturated carbocycles. The van der Waals surface area contributed by atoms with Gasteiger partial charge in [0.1, 0.15) is 5.75 Å². The molecular formula is C24H24O2. The topological polar surface area (TPSA) is 26.3 Å². The van der Waals surface area contributed by atoms with E-state index in [2.05, 4.69) is 31.2 Å². The van der Waals surface area contributed by atoms with Crippen LogP contribution in [0.25, 0.3) is 11.1 Å². The summed E-state index contributed by atoms with van der Waals surface area (Å²) >= 11 is 0. The predicted molar refractivity (Wildman–Crippen MR) is 107 cm³/mol. The Bertz CT molecular complexity index is 911. The van der Waals surface area contributed by atoms with Crippen molar-refractivity contribution in [1.82, 2.24) is 0 Å². The first-order chi connectivity index (χ1) is 12.7. The first-order valence-electron chi connectivity index (χ1n) is 8.91. The highest BCUT2D eigenvalue weighted by Crippen LogP contribution is 2.38. The molecule has 3 rings (SSSR count). The zero-order chi connectivity index (χ0) is 18.5. The maximum absolute atomic E-state index is 11.9. The minimum absolute atomic E-state index is 0.778. The summed E-state index contributed by atoms with van der Waals surface area (Å²) < 4.78 is 5.71. The third-order valence-electron chi connectivity index (χ3n) is 4.95. The minimum Gasteiger partial charge on any atom is -0.496 e. The van der Waals surface area contributed by atoms with E-state index in [1.807, 2.05) is 43.3 Å². The molecule has 132 valence electrons. The molecule has 2 heteroatoms. The summed E-state index contributed by atoms with van der Waals surface area (Å²) in [5.74, 6) is 0.825. The molecule has 0 amide bonds. The van der Waals surface area contributed by atoms with Crippen LogP contribution in [-0.2, 0) is 12.8 Å². The summed E-state index contributed by atoms with van der Waals surface area (Å²) in [4.78, 5) is 11.9. The van der Waals surface area contributed by atoms with Gasteiger partial charge in [0.05, 0.1) is 7.11 Å². The standard InChI is InChI=1S/C24H24O2/c1-17-9-7-8-12-21(17)24-18(2)22(16-25)20(15-23(24)26-3)14-13-19-10-5-4-6-11-19/h4-12,15-16H,13-14H2,1-3H3.